The Hall–Kier alpha value is -2.45. The highest BCUT2D eigenvalue weighted by Crippen LogP contribution is 2.20. The zero-order valence-electron chi connectivity index (χ0n) is 14.2. The average molecular weight is 364 g/mol. The van der Waals surface area contributed by atoms with Gasteiger partial charge in [0.05, 0.1) is 17.2 Å². The van der Waals surface area contributed by atoms with Crippen molar-refractivity contribution < 1.29 is 22.7 Å². The first-order chi connectivity index (χ1) is 11.7. The van der Waals surface area contributed by atoms with Crippen LogP contribution in [-0.4, -0.2) is 31.8 Å². The lowest BCUT2D eigenvalue weighted by Gasteiger charge is -2.16. The van der Waals surface area contributed by atoms with Gasteiger partial charge in [-0.25, -0.2) is 13.2 Å². The number of sulfonamides is 1. The summed E-state index contributed by atoms with van der Waals surface area (Å²) in [6.45, 7) is 4.94. The van der Waals surface area contributed by atoms with Gasteiger partial charge in [0.15, 0.2) is 5.78 Å². The van der Waals surface area contributed by atoms with Crippen molar-refractivity contribution in [2.75, 3.05) is 6.61 Å². The second kappa shape index (κ2) is 7.62. The molecule has 0 spiro atoms. The summed E-state index contributed by atoms with van der Waals surface area (Å²) >= 11 is 0. The van der Waals surface area contributed by atoms with Gasteiger partial charge in [-0.1, -0.05) is 17.7 Å². The third-order valence-corrected chi connectivity index (χ3v) is 4.98. The summed E-state index contributed by atoms with van der Waals surface area (Å²) in [4.78, 5) is 26.4. The lowest BCUT2D eigenvalue weighted by Crippen LogP contribution is -2.34. The van der Waals surface area contributed by atoms with Crippen molar-refractivity contribution in [1.29, 1.82) is 0 Å². The van der Waals surface area contributed by atoms with Crippen molar-refractivity contribution in [2.45, 2.75) is 31.7 Å². The summed E-state index contributed by atoms with van der Waals surface area (Å²) < 4.78 is 32.5. The molecule has 7 nitrogen and oxygen atoms in total. The summed E-state index contributed by atoms with van der Waals surface area (Å²) in [6.07, 6.45) is 1.41. The van der Waals surface area contributed by atoms with Crippen LogP contribution in [-0.2, 0) is 19.6 Å². The van der Waals surface area contributed by atoms with Crippen molar-refractivity contribution in [3.05, 3.63) is 53.3 Å². The van der Waals surface area contributed by atoms with Gasteiger partial charge in [0.25, 0.3) is 0 Å². The van der Waals surface area contributed by atoms with E-state index in [1.54, 1.807) is 19.1 Å². The molecule has 2 rings (SSSR count). The number of ether oxygens (including phenoxy) is 1. The predicted octanol–water partition coefficient (Wildman–Crippen LogP) is 2.11. The molecule has 1 aromatic heterocycles. The molecule has 8 heteroatoms. The first-order valence-corrected chi connectivity index (χ1v) is 9.17. The molecule has 1 unspecified atom stereocenters. The summed E-state index contributed by atoms with van der Waals surface area (Å²) in [5.74, 6) is -0.970. The van der Waals surface area contributed by atoms with Crippen LogP contribution in [0.2, 0.25) is 0 Å². The number of aromatic nitrogens is 1. The second-order valence-electron chi connectivity index (χ2n) is 5.52. The minimum absolute atomic E-state index is 0.0368. The van der Waals surface area contributed by atoms with E-state index >= 15 is 0 Å². The molecule has 0 fully saturated rings. The molecule has 0 radical (unpaired) electrons. The van der Waals surface area contributed by atoms with Crippen LogP contribution in [0.4, 0.5) is 0 Å². The highest BCUT2D eigenvalue weighted by Gasteiger charge is 2.29. The second-order valence-corrected chi connectivity index (χ2v) is 7.24. The molecule has 0 aliphatic carbocycles. The normalized spacial score (nSPS) is 12.6. The SMILES string of the molecule is CCOC(=O)C(NS(=O)(=O)c1ccc(C)cc1)c1c[nH]c(C(C)=O)c1. The van der Waals surface area contributed by atoms with Crippen LogP contribution >= 0.6 is 0 Å². The Labute approximate surface area is 146 Å². The third kappa shape index (κ3) is 4.55. The molecule has 134 valence electrons. The van der Waals surface area contributed by atoms with E-state index in [0.29, 0.717) is 5.56 Å². The number of benzene rings is 1. The number of carbonyl (C=O) groups excluding carboxylic acids is 2. The van der Waals surface area contributed by atoms with Crippen LogP contribution < -0.4 is 4.72 Å². The summed E-state index contributed by atoms with van der Waals surface area (Å²) in [5.41, 5.74) is 1.50. The van der Waals surface area contributed by atoms with Gasteiger partial charge in [0, 0.05) is 13.1 Å². The smallest absolute Gasteiger partial charge is 0.328 e. The number of ketones is 1. The number of rotatable bonds is 7. The number of esters is 1. The van der Waals surface area contributed by atoms with Crippen LogP contribution in [0, 0.1) is 6.92 Å². The van der Waals surface area contributed by atoms with E-state index in [-0.39, 0.29) is 23.0 Å². The van der Waals surface area contributed by atoms with Crippen molar-refractivity contribution in [3.63, 3.8) is 0 Å². The molecule has 2 N–H and O–H groups in total. The number of hydrogen-bond acceptors (Lipinski definition) is 5. The largest absolute Gasteiger partial charge is 0.465 e. The van der Waals surface area contributed by atoms with Crippen molar-refractivity contribution >= 4 is 21.8 Å². The number of H-pyrrole nitrogens is 1. The molecule has 0 bridgehead atoms. The summed E-state index contributed by atoms with van der Waals surface area (Å²) in [7, 11) is -3.95. The maximum absolute atomic E-state index is 12.6. The number of aryl methyl sites for hydroxylation is 1. The topological polar surface area (TPSA) is 105 Å². The van der Waals surface area contributed by atoms with Gasteiger partial charge in [-0.05, 0) is 37.6 Å². The zero-order chi connectivity index (χ0) is 18.6. The van der Waals surface area contributed by atoms with Gasteiger partial charge < -0.3 is 9.72 Å². The van der Waals surface area contributed by atoms with Crippen molar-refractivity contribution in [3.8, 4) is 0 Å². The van der Waals surface area contributed by atoms with E-state index in [4.69, 9.17) is 4.74 Å². The van der Waals surface area contributed by atoms with Gasteiger partial charge in [0.2, 0.25) is 10.0 Å². The Morgan fingerprint density at radius 1 is 1.24 bits per heavy atom. The number of nitrogens with one attached hydrogen (secondary N) is 2. The van der Waals surface area contributed by atoms with E-state index in [1.807, 2.05) is 6.92 Å². The Balaban J connectivity index is 2.36. The highest BCUT2D eigenvalue weighted by atomic mass is 32.2. The minimum Gasteiger partial charge on any atom is -0.465 e. The molecule has 0 aliphatic rings. The summed E-state index contributed by atoms with van der Waals surface area (Å²) in [6, 6.07) is 6.42. The van der Waals surface area contributed by atoms with Gasteiger partial charge in [-0.15, -0.1) is 0 Å². The number of Topliss-reactive ketones (excluding diaryl/α,β-unsaturated/α-hetero) is 1. The van der Waals surface area contributed by atoms with Gasteiger partial charge >= 0.3 is 5.97 Å². The van der Waals surface area contributed by atoms with E-state index in [0.717, 1.165) is 5.56 Å². The molecule has 25 heavy (non-hydrogen) atoms. The highest BCUT2D eigenvalue weighted by molar-refractivity contribution is 7.89. The standard InChI is InChI=1S/C17H20N2O5S/c1-4-24-17(21)16(13-9-15(12(3)20)18-10-13)19-25(22,23)14-7-5-11(2)6-8-14/h5-10,16,18-19H,4H2,1-3H3. The molecule has 2 aromatic rings. The van der Waals surface area contributed by atoms with Crippen LogP contribution in [0.25, 0.3) is 0 Å². The summed E-state index contributed by atoms with van der Waals surface area (Å²) in [5, 5.41) is 0. The Morgan fingerprint density at radius 2 is 1.88 bits per heavy atom. The minimum atomic E-state index is -3.95. The van der Waals surface area contributed by atoms with E-state index in [2.05, 4.69) is 9.71 Å². The third-order valence-electron chi connectivity index (χ3n) is 3.54. The molecule has 1 atom stereocenters. The molecule has 0 saturated carbocycles. The van der Waals surface area contributed by atoms with Crippen LogP contribution in [0.5, 0.6) is 0 Å². The van der Waals surface area contributed by atoms with Gasteiger partial charge in [-0.2, -0.15) is 4.72 Å². The molecule has 0 aliphatic heterocycles. The fraction of sp³-hybridized carbons (Fsp3) is 0.294. The first kappa shape index (κ1) is 18.9. The van der Waals surface area contributed by atoms with Crippen LogP contribution in [0.1, 0.15) is 41.5 Å². The van der Waals surface area contributed by atoms with E-state index in [1.165, 1.54) is 31.3 Å². The average Bonchev–Trinajstić information content (AvgIpc) is 3.03. The fourth-order valence-electron chi connectivity index (χ4n) is 2.20. The monoisotopic (exact) mass is 364 g/mol. The number of hydrogen-bond donors (Lipinski definition) is 2. The predicted molar refractivity (Wildman–Crippen MR) is 91.7 cm³/mol. The Kier molecular flexibility index (Phi) is 5.76. The van der Waals surface area contributed by atoms with Crippen LogP contribution in [0.15, 0.2) is 41.4 Å². The van der Waals surface area contributed by atoms with Crippen molar-refractivity contribution in [2.24, 2.45) is 0 Å². The number of carbonyl (C=O) groups is 2. The first-order valence-electron chi connectivity index (χ1n) is 7.69. The molecular weight excluding hydrogens is 344 g/mol. The van der Waals surface area contributed by atoms with E-state index in [9.17, 15) is 18.0 Å². The van der Waals surface area contributed by atoms with Crippen molar-refractivity contribution in [1.82, 2.24) is 9.71 Å². The van der Waals surface area contributed by atoms with E-state index < -0.39 is 22.0 Å². The lowest BCUT2D eigenvalue weighted by molar-refractivity contribution is -0.145. The Morgan fingerprint density at radius 3 is 2.40 bits per heavy atom. The maximum atomic E-state index is 12.6. The van der Waals surface area contributed by atoms with Crippen LogP contribution in [0.3, 0.4) is 0 Å². The quantitative estimate of drug-likeness (QED) is 0.578. The molecule has 0 amide bonds. The zero-order valence-corrected chi connectivity index (χ0v) is 15.0. The Bertz CT molecular complexity index is 869. The number of aromatic amines is 1. The molecule has 1 aromatic carbocycles. The van der Waals surface area contributed by atoms with Gasteiger partial charge in [-0.3, -0.25) is 4.79 Å². The fourth-order valence-corrected chi connectivity index (χ4v) is 3.37. The molecular formula is C17H20N2O5S. The maximum Gasteiger partial charge on any atom is 0.328 e. The lowest BCUT2D eigenvalue weighted by atomic mass is 10.1. The van der Waals surface area contributed by atoms with Gasteiger partial charge in [0.1, 0.15) is 6.04 Å². The molecule has 0 saturated heterocycles. The molecule has 1 heterocycles.